The van der Waals surface area contributed by atoms with E-state index in [1.165, 1.54) is 0 Å². The van der Waals surface area contributed by atoms with Gasteiger partial charge in [0, 0.05) is 0 Å². The molecule has 4 aromatic carbocycles. The van der Waals surface area contributed by atoms with E-state index < -0.39 is 24.6 Å². The maximum absolute atomic E-state index is 6.51. The molecular formula is C32H41N4O8P3+2. The van der Waals surface area contributed by atoms with Crippen LogP contribution in [0.3, 0.4) is 0 Å². The van der Waals surface area contributed by atoms with Gasteiger partial charge in [-0.15, -0.1) is 11.0 Å². The molecule has 0 unspecified atom stereocenters. The van der Waals surface area contributed by atoms with E-state index in [1.54, 1.807) is 28.4 Å². The van der Waals surface area contributed by atoms with Crippen LogP contribution >= 0.6 is 24.6 Å². The predicted molar refractivity (Wildman–Crippen MR) is 186 cm³/mol. The average molecular weight is 703 g/mol. The fraction of sp³-hybridized carbons (Fsp3) is 0.250. The summed E-state index contributed by atoms with van der Waals surface area (Å²) in [6.07, 6.45) is 0. The minimum absolute atomic E-state index is 0.109. The minimum atomic E-state index is -3.46. The molecule has 0 atom stereocenters. The van der Waals surface area contributed by atoms with Gasteiger partial charge in [0.2, 0.25) is 0 Å². The number of hydrogen-bond acceptors (Lipinski definition) is 10. The van der Waals surface area contributed by atoms with E-state index in [4.69, 9.17) is 48.1 Å². The Morgan fingerprint density at radius 2 is 0.915 bits per heavy atom. The van der Waals surface area contributed by atoms with Gasteiger partial charge in [0.25, 0.3) is 8.53 Å². The van der Waals surface area contributed by atoms with Crippen molar-refractivity contribution in [3.05, 3.63) is 119 Å². The molecule has 0 fully saturated rings. The van der Waals surface area contributed by atoms with Gasteiger partial charge in [-0.25, -0.2) is 0 Å². The maximum Gasteiger partial charge on any atom is 0.538 e. The van der Waals surface area contributed by atoms with E-state index in [-0.39, 0.29) is 26.4 Å². The molecule has 12 nitrogen and oxygen atoms in total. The van der Waals surface area contributed by atoms with Crippen LogP contribution in [0, 0.1) is 0 Å². The van der Waals surface area contributed by atoms with Crippen LogP contribution in [0.15, 0.2) is 102 Å². The molecule has 5 N–H and O–H groups in total. The van der Waals surface area contributed by atoms with Gasteiger partial charge in [0.05, 0.1) is 41.7 Å². The molecule has 15 heteroatoms. The fourth-order valence-electron chi connectivity index (χ4n) is 4.14. The Hall–Kier alpha value is -3.24. The third-order valence-electron chi connectivity index (χ3n) is 6.48. The molecule has 250 valence electrons. The fourth-order valence-corrected chi connectivity index (χ4v) is 9.24. The predicted octanol–water partition coefficient (Wildman–Crippen LogP) is 7.80. The topological polar surface area (TPSA) is 150 Å². The molecule has 0 spiro atoms. The van der Waals surface area contributed by atoms with Gasteiger partial charge < -0.3 is 28.0 Å². The van der Waals surface area contributed by atoms with Gasteiger partial charge in [-0.3, -0.25) is 0 Å². The monoisotopic (exact) mass is 702 g/mol. The summed E-state index contributed by atoms with van der Waals surface area (Å²) in [5.41, 5.74) is 15.7. The minimum Gasteiger partial charge on any atom is -0.497 e. The zero-order chi connectivity index (χ0) is 33.5. The number of ether oxygens (including phenoxy) is 4. The van der Waals surface area contributed by atoms with Gasteiger partial charge in [-0.1, -0.05) is 48.5 Å². The van der Waals surface area contributed by atoms with Crippen molar-refractivity contribution in [3.8, 4) is 23.0 Å². The van der Waals surface area contributed by atoms with E-state index in [2.05, 4.69) is 9.37 Å². The summed E-state index contributed by atoms with van der Waals surface area (Å²) < 4.78 is 52.0. The highest BCUT2D eigenvalue weighted by molar-refractivity contribution is 7.75. The second-order valence-corrected chi connectivity index (χ2v) is 14.7. The van der Waals surface area contributed by atoms with Crippen molar-refractivity contribution in [1.29, 1.82) is 0 Å². The number of benzene rings is 4. The molecule has 0 heterocycles. The van der Waals surface area contributed by atoms with Crippen LogP contribution in [0.25, 0.3) is 0 Å². The Balaban J connectivity index is 1.66. The molecule has 4 aromatic rings. The number of nitrogens with two attached hydrogens (primary N) is 2. The van der Waals surface area contributed by atoms with E-state index in [0.29, 0.717) is 23.0 Å². The summed E-state index contributed by atoms with van der Waals surface area (Å²) >= 11 is 0. The van der Waals surface area contributed by atoms with Crippen molar-refractivity contribution >= 4 is 24.6 Å². The number of rotatable bonds is 19. The second-order valence-electron chi connectivity index (χ2n) is 9.85. The smallest absolute Gasteiger partial charge is 0.497 e. The summed E-state index contributed by atoms with van der Waals surface area (Å²) in [7, 11) is -0.768. The van der Waals surface area contributed by atoms with Crippen LogP contribution in [-0.2, 0) is 44.5 Å². The molecular weight excluding hydrogens is 661 g/mol. The highest BCUT2D eigenvalue weighted by Crippen LogP contribution is 2.67. The lowest BCUT2D eigenvalue weighted by Crippen LogP contribution is -2.18. The highest BCUT2D eigenvalue weighted by atomic mass is 31.3. The first kappa shape index (κ1) is 36.6. The largest absolute Gasteiger partial charge is 0.538 e. The van der Waals surface area contributed by atoms with Crippen molar-refractivity contribution in [2.45, 2.75) is 26.4 Å². The normalized spacial score (nSPS) is 11.3. The van der Waals surface area contributed by atoms with Crippen LogP contribution in [0.1, 0.15) is 22.3 Å². The van der Waals surface area contributed by atoms with E-state index in [1.807, 2.05) is 97.1 Å². The first-order valence-corrected chi connectivity index (χ1v) is 18.6. The Kier molecular flexibility index (Phi) is 14.7. The van der Waals surface area contributed by atoms with Crippen LogP contribution < -0.4 is 34.8 Å². The van der Waals surface area contributed by atoms with Crippen molar-refractivity contribution < 1.29 is 37.0 Å². The molecule has 0 aliphatic heterocycles. The lowest BCUT2D eigenvalue weighted by molar-refractivity contribution is 0.201. The molecule has 0 aliphatic rings. The average Bonchev–Trinajstić information content (AvgIpc) is 3.11. The van der Waals surface area contributed by atoms with Gasteiger partial charge in [-0.2, -0.15) is 9.05 Å². The van der Waals surface area contributed by atoms with Gasteiger partial charge in [0.15, 0.2) is 4.52 Å². The Labute approximate surface area is 278 Å². The molecule has 0 aromatic heterocycles. The summed E-state index contributed by atoms with van der Waals surface area (Å²) in [5.74, 6) is 2.78. The van der Waals surface area contributed by atoms with Gasteiger partial charge in [0.1, 0.15) is 36.2 Å². The van der Waals surface area contributed by atoms with Crippen molar-refractivity contribution in [2.75, 3.05) is 28.4 Å². The van der Waals surface area contributed by atoms with Crippen LogP contribution in [0.4, 0.5) is 0 Å². The molecule has 0 aliphatic carbocycles. The number of hydrogen-bond donors (Lipinski definition) is 3. The zero-order valence-corrected chi connectivity index (χ0v) is 29.5. The highest BCUT2D eigenvalue weighted by Gasteiger charge is 2.53. The SMILES string of the molecule is COc1cccc(COP(N[P+](N=[P+](N)N)(OCc2cccc(OC)c2)OCc2cccc(OC)c2)OCc2cccc(OC)c2)c1. The lowest BCUT2D eigenvalue weighted by Gasteiger charge is -2.22. The Morgan fingerprint density at radius 3 is 1.23 bits per heavy atom. The van der Waals surface area contributed by atoms with Crippen LogP contribution in [0.2, 0.25) is 0 Å². The van der Waals surface area contributed by atoms with Gasteiger partial charge >= 0.3 is 16.0 Å². The van der Waals surface area contributed by atoms with Crippen molar-refractivity contribution in [3.63, 3.8) is 0 Å². The summed E-state index contributed by atoms with van der Waals surface area (Å²) in [6.45, 7) is 0.606. The molecule has 0 amide bonds. The Bertz CT molecular complexity index is 1490. The zero-order valence-electron chi connectivity index (χ0n) is 26.8. The number of methoxy groups -OCH3 is 4. The second kappa shape index (κ2) is 18.9. The molecule has 0 radical (unpaired) electrons. The van der Waals surface area contributed by atoms with Crippen molar-refractivity contribution in [2.24, 2.45) is 15.5 Å². The third-order valence-corrected chi connectivity index (χ3v) is 11.6. The maximum atomic E-state index is 6.51. The number of nitrogens with zero attached hydrogens (tertiary/aromatic N) is 1. The molecule has 47 heavy (non-hydrogen) atoms. The Morgan fingerprint density at radius 1 is 0.574 bits per heavy atom. The van der Waals surface area contributed by atoms with Gasteiger partial charge in [-0.05, 0) is 75.6 Å². The summed E-state index contributed by atoms with van der Waals surface area (Å²) in [5, 5.41) is 0. The van der Waals surface area contributed by atoms with E-state index in [0.717, 1.165) is 22.3 Å². The van der Waals surface area contributed by atoms with E-state index >= 15 is 0 Å². The van der Waals surface area contributed by atoms with Crippen LogP contribution in [-0.4, -0.2) is 28.4 Å². The van der Waals surface area contributed by atoms with Crippen LogP contribution in [0.5, 0.6) is 23.0 Å². The first-order valence-electron chi connectivity index (χ1n) is 14.4. The quantitative estimate of drug-likeness (QED) is 0.0822. The van der Waals surface area contributed by atoms with Crippen molar-refractivity contribution in [1.82, 2.24) is 4.86 Å². The standard InChI is InChI=1S/C32H41N4O8P3/c1-37-29-13-5-9-25(17-29)21-41-46(42-22-26-10-6-14-30(18-26)38-2)36-47(35-45(33)34,43-23-27-11-7-15-31(19-27)39-3)44-24-28-12-8-16-32(20-28)40-4/h5-20,36H,21-24H2,1-4H3,(H4,33,34,35)/q+2. The molecule has 0 saturated carbocycles. The third kappa shape index (κ3) is 12.1. The lowest BCUT2D eigenvalue weighted by atomic mass is 10.2. The summed E-state index contributed by atoms with van der Waals surface area (Å²) in [4.78, 5) is 3.35. The molecule has 4 rings (SSSR count). The first-order chi connectivity index (χ1) is 22.8. The summed E-state index contributed by atoms with van der Waals surface area (Å²) in [6, 6.07) is 30.2. The molecule has 0 saturated heterocycles. The number of nitrogens with one attached hydrogen (secondary N) is 1. The molecule has 0 bridgehead atoms. The van der Waals surface area contributed by atoms with E-state index in [9.17, 15) is 0 Å².